The summed E-state index contributed by atoms with van der Waals surface area (Å²) in [5.41, 5.74) is 2.78. The van der Waals surface area contributed by atoms with Crippen molar-refractivity contribution in [1.82, 2.24) is 4.90 Å². The van der Waals surface area contributed by atoms with E-state index in [0.29, 0.717) is 6.04 Å². The van der Waals surface area contributed by atoms with Crippen LogP contribution in [0.25, 0.3) is 0 Å². The lowest BCUT2D eigenvalue weighted by molar-refractivity contribution is 0.0442. The first-order valence-corrected chi connectivity index (χ1v) is 10.0. The summed E-state index contributed by atoms with van der Waals surface area (Å²) in [5.74, 6) is 1.51. The van der Waals surface area contributed by atoms with Crippen LogP contribution in [0.15, 0.2) is 60.7 Å². The van der Waals surface area contributed by atoms with Crippen LogP contribution in [-0.2, 0) is 0 Å². The van der Waals surface area contributed by atoms with E-state index < -0.39 is 0 Å². The molecule has 3 rings (SSSR count). The molecule has 22 heavy (non-hydrogen) atoms. The fourth-order valence-electron chi connectivity index (χ4n) is 3.24. The van der Waals surface area contributed by atoms with Crippen LogP contribution in [0.2, 0.25) is 0 Å². The number of hydrogen-bond acceptors (Lipinski definition) is 1. The van der Waals surface area contributed by atoms with Crippen LogP contribution in [-0.4, -0.2) is 28.6 Å². The highest BCUT2D eigenvalue weighted by atomic mass is 79.9. The molecule has 0 N–H and O–H groups in total. The second-order valence-corrected chi connectivity index (χ2v) is 7.30. The van der Waals surface area contributed by atoms with E-state index in [-0.39, 0.29) is 0 Å². The summed E-state index contributed by atoms with van der Waals surface area (Å²) in [4.78, 5) is 2.60. The Morgan fingerprint density at radius 2 is 1.27 bits per heavy atom. The fraction of sp³-hybridized carbons (Fsp3) is 0.368. The van der Waals surface area contributed by atoms with E-state index in [0.717, 1.165) is 22.5 Å². The van der Waals surface area contributed by atoms with Gasteiger partial charge in [-0.3, -0.25) is 4.90 Å². The summed E-state index contributed by atoms with van der Waals surface area (Å²) < 4.78 is 0. The zero-order valence-corrected chi connectivity index (χ0v) is 15.7. The normalized spacial score (nSPS) is 16.2. The Morgan fingerprint density at radius 1 is 0.818 bits per heavy atom. The van der Waals surface area contributed by atoms with Crippen molar-refractivity contribution in [2.75, 3.05) is 23.7 Å². The predicted octanol–water partition coefficient (Wildman–Crippen LogP) is 5.11. The number of halogens is 2. The van der Waals surface area contributed by atoms with E-state index in [1.165, 1.54) is 24.2 Å². The van der Waals surface area contributed by atoms with Crippen LogP contribution in [0.1, 0.15) is 17.2 Å². The fourth-order valence-corrected chi connectivity index (χ4v) is 5.37. The van der Waals surface area contributed by atoms with Crippen LogP contribution >= 0.6 is 31.9 Å². The minimum absolute atomic E-state index is 0.380. The lowest BCUT2D eigenvalue weighted by Crippen LogP contribution is -2.52. The molecule has 0 aromatic heterocycles. The number of likely N-dealkylation sites (tertiary alicyclic amines) is 1. The van der Waals surface area contributed by atoms with Crippen molar-refractivity contribution >= 4 is 31.9 Å². The van der Waals surface area contributed by atoms with Crippen LogP contribution < -0.4 is 0 Å². The number of alkyl halides is 2. The van der Waals surface area contributed by atoms with E-state index in [9.17, 15) is 0 Å². The molecule has 1 saturated heterocycles. The highest BCUT2D eigenvalue weighted by Gasteiger charge is 2.37. The second-order valence-electron chi connectivity index (χ2n) is 6.01. The van der Waals surface area contributed by atoms with Gasteiger partial charge in [0.25, 0.3) is 0 Å². The first kappa shape index (κ1) is 16.2. The zero-order chi connectivity index (χ0) is 15.4. The van der Waals surface area contributed by atoms with Gasteiger partial charge < -0.3 is 0 Å². The van der Waals surface area contributed by atoms with E-state index in [4.69, 9.17) is 0 Å². The average molecular weight is 423 g/mol. The molecule has 0 aliphatic carbocycles. The molecule has 1 nitrogen and oxygen atoms in total. The zero-order valence-electron chi connectivity index (χ0n) is 12.5. The van der Waals surface area contributed by atoms with Crippen molar-refractivity contribution in [3.8, 4) is 0 Å². The van der Waals surface area contributed by atoms with Gasteiger partial charge in [0.05, 0.1) is 6.04 Å². The van der Waals surface area contributed by atoms with Gasteiger partial charge in [-0.1, -0.05) is 92.5 Å². The van der Waals surface area contributed by atoms with Crippen molar-refractivity contribution < 1.29 is 0 Å². The average Bonchev–Trinajstić information content (AvgIpc) is 2.55. The van der Waals surface area contributed by atoms with Crippen molar-refractivity contribution in [1.29, 1.82) is 0 Å². The molecule has 0 atom stereocenters. The first-order valence-electron chi connectivity index (χ1n) is 7.79. The Labute approximate surface area is 150 Å². The predicted molar refractivity (Wildman–Crippen MR) is 101 cm³/mol. The standard InChI is InChI=1S/C19H21Br2N/c20-11-17(12-21)18-13-22(14-18)19(15-7-3-1-4-8-15)16-9-5-2-6-10-16/h1-10,17-19H,11-14H2. The third-order valence-electron chi connectivity index (χ3n) is 4.60. The van der Waals surface area contributed by atoms with Crippen LogP contribution in [0, 0.1) is 11.8 Å². The van der Waals surface area contributed by atoms with Gasteiger partial charge in [0.15, 0.2) is 0 Å². The van der Waals surface area contributed by atoms with Crippen LogP contribution in [0.3, 0.4) is 0 Å². The molecular formula is C19H21Br2N. The minimum Gasteiger partial charge on any atom is -0.292 e. The Hall–Kier alpha value is -0.640. The molecule has 0 unspecified atom stereocenters. The van der Waals surface area contributed by atoms with Gasteiger partial charge in [0.1, 0.15) is 0 Å². The highest BCUT2D eigenvalue weighted by molar-refractivity contribution is 9.09. The number of benzene rings is 2. The van der Waals surface area contributed by atoms with Crippen LogP contribution in [0.5, 0.6) is 0 Å². The molecule has 0 radical (unpaired) electrons. The monoisotopic (exact) mass is 421 g/mol. The van der Waals surface area contributed by atoms with Crippen molar-refractivity contribution in [2.24, 2.45) is 11.8 Å². The molecule has 1 aliphatic rings. The van der Waals surface area contributed by atoms with E-state index >= 15 is 0 Å². The third-order valence-corrected chi connectivity index (χ3v) is 6.26. The maximum Gasteiger partial charge on any atom is 0.0602 e. The number of rotatable bonds is 6. The van der Waals surface area contributed by atoms with Gasteiger partial charge >= 0.3 is 0 Å². The van der Waals surface area contributed by atoms with Crippen molar-refractivity contribution in [2.45, 2.75) is 6.04 Å². The second kappa shape index (κ2) is 7.76. The molecule has 1 heterocycles. The molecule has 2 aromatic rings. The first-order chi connectivity index (χ1) is 10.8. The molecule has 0 bridgehead atoms. The van der Waals surface area contributed by atoms with Gasteiger partial charge in [-0.2, -0.15) is 0 Å². The minimum atomic E-state index is 0.380. The Bertz CT molecular complexity index is 523. The maximum atomic E-state index is 3.65. The molecule has 0 saturated carbocycles. The summed E-state index contributed by atoms with van der Waals surface area (Å²) in [6.45, 7) is 2.35. The third kappa shape index (κ3) is 3.47. The van der Waals surface area contributed by atoms with E-state index in [1.54, 1.807) is 0 Å². The van der Waals surface area contributed by atoms with Crippen molar-refractivity contribution in [3.63, 3.8) is 0 Å². The molecular weight excluding hydrogens is 402 g/mol. The van der Waals surface area contributed by atoms with Gasteiger partial charge in [-0.15, -0.1) is 0 Å². The molecule has 116 valence electrons. The van der Waals surface area contributed by atoms with Gasteiger partial charge in [0.2, 0.25) is 0 Å². The lowest BCUT2D eigenvalue weighted by Gasteiger charge is -2.47. The number of nitrogens with zero attached hydrogens (tertiary/aromatic N) is 1. The molecule has 1 aliphatic heterocycles. The Morgan fingerprint density at radius 3 is 1.68 bits per heavy atom. The SMILES string of the molecule is BrCC(CBr)C1CN(C(c2ccccc2)c2ccccc2)C1. The topological polar surface area (TPSA) is 3.24 Å². The van der Waals surface area contributed by atoms with Crippen molar-refractivity contribution in [3.05, 3.63) is 71.8 Å². The molecule has 0 spiro atoms. The molecule has 2 aromatic carbocycles. The Kier molecular flexibility index (Phi) is 5.72. The quantitative estimate of drug-likeness (QED) is 0.584. The summed E-state index contributed by atoms with van der Waals surface area (Å²) >= 11 is 7.30. The van der Waals surface area contributed by atoms with Gasteiger partial charge in [-0.25, -0.2) is 0 Å². The largest absolute Gasteiger partial charge is 0.292 e. The van der Waals surface area contributed by atoms with Gasteiger partial charge in [0, 0.05) is 23.7 Å². The van der Waals surface area contributed by atoms with Gasteiger partial charge in [-0.05, 0) is 23.0 Å². The summed E-state index contributed by atoms with van der Waals surface area (Å²) in [6, 6.07) is 22.1. The molecule has 3 heteroatoms. The van der Waals surface area contributed by atoms with Crippen LogP contribution in [0.4, 0.5) is 0 Å². The summed E-state index contributed by atoms with van der Waals surface area (Å²) in [6.07, 6.45) is 0. The summed E-state index contributed by atoms with van der Waals surface area (Å²) in [5, 5.41) is 2.16. The highest BCUT2D eigenvalue weighted by Crippen LogP contribution is 2.37. The van der Waals surface area contributed by atoms with E-state index in [2.05, 4.69) is 97.4 Å². The van der Waals surface area contributed by atoms with E-state index in [1.807, 2.05) is 0 Å². The summed E-state index contributed by atoms with van der Waals surface area (Å²) in [7, 11) is 0. The maximum absolute atomic E-state index is 3.65. The number of hydrogen-bond donors (Lipinski definition) is 0. The Balaban J connectivity index is 1.80. The molecule has 1 fully saturated rings. The molecule has 0 amide bonds. The lowest BCUT2D eigenvalue weighted by atomic mass is 9.84. The smallest absolute Gasteiger partial charge is 0.0602 e.